The van der Waals surface area contributed by atoms with Crippen LogP contribution in [0.15, 0.2) is 0 Å². The molecule has 0 bridgehead atoms. The minimum absolute atomic E-state index is 0.786. The Morgan fingerprint density at radius 2 is 2.86 bits per heavy atom. The molecule has 0 aliphatic heterocycles. The van der Waals surface area contributed by atoms with Crippen molar-refractivity contribution >= 4 is 5.97 Å². The van der Waals surface area contributed by atoms with Crippen LogP contribution in [0.4, 0.5) is 0 Å². The highest BCUT2D eigenvalue weighted by Gasteiger charge is 2.03. The summed E-state index contributed by atoms with van der Waals surface area (Å²) in [6, 6.07) is 0. The highest BCUT2D eigenvalue weighted by atomic mass is 16.5. The van der Waals surface area contributed by atoms with Crippen molar-refractivity contribution in [2.45, 2.75) is 13.8 Å². The van der Waals surface area contributed by atoms with Crippen LogP contribution in [0.5, 0.6) is 0 Å². The van der Waals surface area contributed by atoms with Gasteiger partial charge in [0.25, 0.3) is 0 Å². The van der Waals surface area contributed by atoms with Crippen LogP contribution in [0.25, 0.3) is 0 Å². The van der Waals surface area contributed by atoms with Crippen molar-refractivity contribution in [2.24, 2.45) is 5.89 Å². The van der Waals surface area contributed by atoms with E-state index in [0.29, 0.717) is 0 Å². The predicted molar refractivity (Wildman–Crippen MR) is 26.9 cm³/mol. The molecule has 0 radical (unpaired) electrons. The van der Waals surface area contributed by atoms with Crippen LogP contribution in [0.3, 0.4) is 0 Å². The third-order valence-electron chi connectivity index (χ3n) is 0.399. The molecule has 0 saturated heterocycles. The zero-order chi connectivity index (χ0) is 11.8. The number of rotatable bonds is 1. The predicted octanol–water partition coefficient (Wildman–Crippen LogP) is 0.815. The maximum Gasteiger partial charge on any atom is 0.308 e. The zero-order valence-corrected chi connectivity index (χ0v) is 3.82. The van der Waals surface area contributed by atoms with Crippen molar-refractivity contribution in [3.63, 3.8) is 0 Å². The Balaban J connectivity index is 4.70. The second kappa shape index (κ2) is 2.61. The summed E-state index contributed by atoms with van der Waals surface area (Å²) in [6.45, 7) is -2.14. The van der Waals surface area contributed by atoms with Crippen molar-refractivity contribution < 1.29 is 19.1 Å². The van der Waals surface area contributed by atoms with Gasteiger partial charge in [-0.25, -0.2) is 0 Å². The largest absolute Gasteiger partial charge is 0.469 e. The van der Waals surface area contributed by atoms with Gasteiger partial charge in [0, 0.05) is 5.48 Å². The number of hydrogen-bond donors (Lipinski definition) is 0. The monoisotopic (exact) mass is 109 g/mol. The maximum absolute atomic E-state index is 11.0. The first-order valence-electron chi connectivity index (χ1n) is 5.11. The van der Waals surface area contributed by atoms with E-state index in [1.54, 1.807) is 0 Å². The average Bonchev–Trinajstić information content (AvgIpc) is 1.80. The highest BCUT2D eigenvalue weighted by Crippen LogP contribution is 1.91. The summed E-state index contributed by atoms with van der Waals surface area (Å²) in [5.74, 6) is -4.15. The van der Waals surface area contributed by atoms with Crippen molar-refractivity contribution in [3.05, 3.63) is 0 Å². The average molecular weight is 109 g/mol. The molecule has 0 N–H and O–H groups in total. The number of esters is 1. The van der Waals surface area contributed by atoms with E-state index in [0.717, 1.165) is 6.92 Å². The molecule has 0 rings (SSSR count). The fourth-order valence-electron chi connectivity index (χ4n) is 0.0765. The van der Waals surface area contributed by atoms with E-state index in [1.165, 1.54) is 0 Å². The lowest BCUT2D eigenvalue weighted by atomic mass is 10.2. The quantitative estimate of drug-likeness (QED) is 0.466. The summed E-state index contributed by atoms with van der Waals surface area (Å²) >= 11 is 0. The van der Waals surface area contributed by atoms with Gasteiger partial charge >= 0.3 is 5.97 Å². The van der Waals surface area contributed by atoms with Crippen molar-refractivity contribution in [2.75, 3.05) is 7.04 Å². The summed E-state index contributed by atoms with van der Waals surface area (Å²) in [6.07, 6.45) is 0. The molecular weight excluding hydrogens is 92.1 g/mol. The first kappa shape index (κ1) is 1.24. The van der Waals surface area contributed by atoms with E-state index in [9.17, 15) is 4.79 Å². The summed E-state index contributed by atoms with van der Waals surface area (Å²) in [5.41, 5.74) is 0. The van der Waals surface area contributed by atoms with E-state index in [-0.39, 0.29) is 0 Å². The first-order valence-corrected chi connectivity index (χ1v) is 1.61. The molecule has 0 saturated carbocycles. The number of carbonyl (C=O) groups is 1. The van der Waals surface area contributed by atoms with Gasteiger partial charge < -0.3 is 4.74 Å². The number of hydrogen-bond acceptors (Lipinski definition) is 2. The Morgan fingerprint density at radius 1 is 2.14 bits per heavy atom. The molecule has 0 aromatic carbocycles. The maximum atomic E-state index is 11.0. The van der Waals surface area contributed by atoms with Crippen molar-refractivity contribution in [3.8, 4) is 0 Å². The van der Waals surface area contributed by atoms with Gasteiger partial charge in [-0.1, -0.05) is 13.8 Å². The van der Waals surface area contributed by atoms with E-state index < -0.39 is 25.8 Å². The van der Waals surface area contributed by atoms with Gasteiger partial charge in [-0.2, -0.15) is 0 Å². The Morgan fingerprint density at radius 3 is 3.29 bits per heavy atom. The second-order valence-corrected chi connectivity index (χ2v) is 1.01. The highest BCUT2D eigenvalue weighted by molar-refractivity contribution is 5.71. The molecule has 1 atom stereocenters. The molecule has 42 valence electrons. The van der Waals surface area contributed by atoms with Crippen LogP contribution in [-0.2, 0) is 9.53 Å². The van der Waals surface area contributed by atoms with E-state index >= 15 is 0 Å². The number of methoxy groups -OCH3 is 1. The molecular formula is C5H10O2. The van der Waals surface area contributed by atoms with Crippen LogP contribution in [0.1, 0.15) is 23.4 Å². The lowest BCUT2D eigenvalue weighted by molar-refractivity contribution is -0.144. The molecule has 2 heteroatoms. The zero-order valence-electron chi connectivity index (χ0n) is 10.8. The van der Waals surface area contributed by atoms with E-state index in [1.807, 2.05) is 0 Å². The van der Waals surface area contributed by atoms with E-state index in [2.05, 4.69) is 4.74 Å². The molecule has 0 aliphatic carbocycles. The standard InChI is InChI=1S/C5H10O2/c1-4(2)5(6)7-3/h4H,1-3H3/i1D3,3D3,4D. The molecule has 0 amide bonds. The Kier molecular flexibility index (Phi) is 0.464. The van der Waals surface area contributed by atoms with Gasteiger partial charge in [0.05, 0.1) is 17.0 Å². The van der Waals surface area contributed by atoms with Gasteiger partial charge in [-0.3, -0.25) is 4.79 Å². The lowest BCUT2D eigenvalue weighted by Gasteiger charge is -1.97. The molecule has 7 heavy (non-hydrogen) atoms. The smallest absolute Gasteiger partial charge is 0.308 e. The lowest BCUT2D eigenvalue weighted by Crippen LogP contribution is -2.07. The Hall–Kier alpha value is -0.530. The topological polar surface area (TPSA) is 26.3 Å². The minimum Gasteiger partial charge on any atom is -0.469 e. The van der Waals surface area contributed by atoms with Crippen LogP contribution in [0, 0.1) is 5.89 Å². The molecule has 0 aromatic rings. The number of ether oxygens (including phenoxy) is 1. The van der Waals surface area contributed by atoms with Gasteiger partial charge in [-0.05, 0) is 0 Å². The van der Waals surface area contributed by atoms with E-state index in [4.69, 9.17) is 9.60 Å². The van der Waals surface area contributed by atoms with Gasteiger partial charge in [0.2, 0.25) is 0 Å². The Bertz CT molecular complexity index is 225. The first-order chi connectivity index (χ1) is 5.88. The van der Waals surface area contributed by atoms with Crippen molar-refractivity contribution in [1.82, 2.24) is 0 Å². The molecule has 2 nitrogen and oxygen atoms in total. The second-order valence-electron chi connectivity index (χ2n) is 1.01. The SMILES string of the molecule is [2H]C([2H])([2H])OC(=O)C([2H])(C)C([2H])([2H])[2H]. The summed E-state index contributed by atoms with van der Waals surface area (Å²) < 4.78 is 51.2. The third-order valence-corrected chi connectivity index (χ3v) is 0.399. The fourth-order valence-corrected chi connectivity index (χ4v) is 0.0765. The Labute approximate surface area is 53.3 Å². The van der Waals surface area contributed by atoms with Crippen molar-refractivity contribution in [1.29, 1.82) is 0 Å². The van der Waals surface area contributed by atoms with Crippen LogP contribution < -0.4 is 0 Å². The van der Waals surface area contributed by atoms with Crippen LogP contribution in [0.2, 0.25) is 0 Å². The third kappa shape index (κ3) is 2.20. The number of carbonyl (C=O) groups excluding carboxylic acids is 1. The summed E-state index contributed by atoms with van der Waals surface area (Å²) in [5, 5.41) is 0. The van der Waals surface area contributed by atoms with Gasteiger partial charge in [0.15, 0.2) is 0 Å². The molecule has 0 spiro atoms. The summed E-state index contributed by atoms with van der Waals surface area (Å²) in [4.78, 5) is 11.0. The molecule has 1 unspecified atom stereocenters. The normalized spacial score (nSPS) is 35.9. The molecule has 0 aliphatic rings. The molecule has 0 fully saturated rings. The van der Waals surface area contributed by atoms with Gasteiger partial charge in [-0.15, -0.1) is 0 Å². The summed E-state index contributed by atoms with van der Waals surface area (Å²) in [7, 11) is -3.02. The van der Waals surface area contributed by atoms with Crippen LogP contribution >= 0.6 is 0 Å². The molecule has 0 aromatic heterocycles. The van der Waals surface area contributed by atoms with Crippen LogP contribution in [-0.4, -0.2) is 13.0 Å². The van der Waals surface area contributed by atoms with Gasteiger partial charge in [0.1, 0.15) is 0 Å². The fraction of sp³-hybridized carbons (Fsp3) is 0.800. The minimum atomic E-state index is -3.02. The molecule has 0 heterocycles.